The fourth-order valence-corrected chi connectivity index (χ4v) is 2.55. The van der Waals surface area contributed by atoms with Gasteiger partial charge in [0.25, 0.3) is 0 Å². The molecule has 0 aliphatic carbocycles. The maximum atomic E-state index is 11.8. The highest BCUT2D eigenvalue weighted by molar-refractivity contribution is 7.98. The Hall–Kier alpha value is -1.00. The lowest BCUT2D eigenvalue weighted by molar-refractivity contribution is -0.122. The average molecular weight is 265 g/mol. The van der Waals surface area contributed by atoms with E-state index < -0.39 is 0 Å². The van der Waals surface area contributed by atoms with E-state index in [1.807, 2.05) is 12.1 Å². The first kappa shape index (κ1) is 13.4. The summed E-state index contributed by atoms with van der Waals surface area (Å²) in [5.74, 6) is 0.530. The second kappa shape index (κ2) is 6.81. The number of rotatable bonds is 5. The highest BCUT2D eigenvalue weighted by Crippen LogP contribution is 2.17. The lowest BCUT2D eigenvalue weighted by atomic mass is 10.0. The molecule has 1 aliphatic rings. The number of benzene rings is 1. The van der Waals surface area contributed by atoms with Crippen molar-refractivity contribution in [1.29, 1.82) is 0 Å². The predicted molar refractivity (Wildman–Crippen MR) is 73.6 cm³/mol. The zero-order chi connectivity index (χ0) is 12.8. The summed E-state index contributed by atoms with van der Waals surface area (Å²) in [5, 5.41) is 2.97. The van der Waals surface area contributed by atoms with Crippen LogP contribution in [0.3, 0.4) is 0 Å². The van der Waals surface area contributed by atoms with Gasteiger partial charge in [-0.05, 0) is 36.3 Å². The lowest BCUT2D eigenvalue weighted by Gasteiger charge is -2.09. The predicted octanol–water partition coefficient (Wildman–Crippen LogP) is 2.45. The van der Waals surface area contributed by atoms with Crippen molar-refractivity contribution in [2.45, 2.75) is 24.3 Å². The number of thioether (sulfide) groups is 1. The van der Waals surface area contributed by atoms with Crippen LogP contribution in [0.1, 0.15) is 18.4 Å². The van der Waals surface area contributed by atoms with Crippen LogP contribution in [0, 0.1) is 5.92 Å². The molecule has 1 fully saturated rings. The van der Waals surface area contributed by atoms with Gasteiger partial charge < -0.3 is 10.1 Å². The third-order valence-electron chi connectivity index (χ3n) is 3.12. The zero-order valence-corrected chi connectivity index (χ0v) is 11.5. The number of hydrogen-bond donors (Lipinski definition) is 1. The van der Waals surface area contributed by atoms with Gasteiger partial charge in [-0.25, -0.2) is 0 Å². The summed E-state index contributed by atoms with van der Waals surface area (Å²) in [6.07, 6.45) is 3.65. The maximum Gasteiger partial charge on any atom is 0.220 e. The summed E-state index contributed by atoms with van der Waals surface area (Å²) in [5.41, 5.74) is 1.15. The van der Waals surface area contributed by atoms with Gasteiger partial charge in [-0.3, -0.25) is 4.79 Å². The monoisotopic (exact) mass is 265 g/mol. The van der Waals surface area contributed by atoms with Crippen molar-refractivity contribution in [1.82, 2.24) is 5.32 Å². The number of ether oxygens (including phenoxy) is 1. The van der Waals surface area contributed by atoms with E-state index in [0.717, 1.165) is 25.2 Å². The number of carbonyl (C=O) groups excluding carboxylic acids is 1. The Kier molecular flexibility index (Phi) is 5.08. The van der Waals surface area contributed by atoms with Crippen molar-refractivity contribution in [2.24, 2.45) is 5.92 Å². The Bertz CT molecular complexity index is 403. The second-order valence-electron chi connectivity index (χ2n) is 4.56. The van der Waals surface area contributed by atoms with Crippen LogP contribution in [0.15, 0.2) is 29.2 Å². The van der Waals surface area contributed by atoms with E-state index in [0.29, 0.717) is 18.9 Å². The minimum Gasteiger partial charge on any atom is -0.381 e. The van der Waals surface area contributed by atoms with Crippen LogP contribution in [-0.4, -0.2) is 25.4 Å². The Labute approximate surface area is 112 Å². The topological polar surface area (TPSA) is 38.3 Å². The van der Waals surface area contributed by atoms with Gasteiger partial charge in [0.05, 0.1) is 0 Å². The van der Waals surface area contributed by atoms with E-state index in [4.69, 9.17) is 4.74 Å². The lowest BCUT2D eigenvalue weighted by Crippen LogP contribution is -2.25. The first-order valence-corrected chi connectivity index (χ1v) is 7.48. The van der Waals surface area contributed by atoms with E-state index in [-0.39, 0.29) is 5.91 Å². The number of nitrogens with one attached hydrogen (secondary N) is 1. The molecule has 4 heteroatoms. The highest BCUT2D eigenvalue weighted by Gasteiger charge is 2.18. The molecule has 0 saturated carbocycles. The molecule has 1 heterocycles. The summed E-state index contributed by atoms with van der Waals surface area (Å²) < 4.78 is 5.27. The van der Waals surface area contributed by atoms with Crippen LogP contribution in [0.5, 0.6) is 0 Å². The van der Waals surface area contributed by atoms with Crippen LogP contribution in [0.2, 0.25) is 0 Å². The first-order valence-electron chi connectivity index (χ1n) is 6.25. The third-order valence-corrected chi connectivity index (χ3v) is 3.85. The smallest absolute Gasteiger partial charge is 0.220 e. The molecule has 1 N–H and O–H groups in total. The van der Waals surface area contributed by atoms with E-state index in [1.54, 1.807) is 11.8 Å². The van der Waals surface area contributed by atoms with Crippen LogP contribution in [0.4, 0.5) is 0 Å². The zero-order valence-electron chi connectivity index (χ0n) is 10.6. The molecule has 1 saturated heterocycles. The molecule has 0 bridgehead atoms. The summed E-state index contributed by atoms with van der Waals surface area (Å²) in [6.45, 7) is 2.14. The standard InChI is InChI=1S/C14H19NO2S/c1-18-13-4-2-3-11(7-13)9-15-14(16)8-12-5-6-17-10-12/h2-4,7,12H,5-6,8-10H2,1H3,(H,15,16)/t12-/m1/s1. The fourth-order valence-electron chi connectivity index (χ4n) is 2.06. The van der Waals surface area contributed by atoms with E-state index in [1.165, 1.54) is 4.90 Å². The summed E-state index contributed by atoms with van der Waals surface area (Å²) in [7, 11) is 0. The van der Waals surface area contributed by atoms with Crippen LogP contribution in [-0.2, 0) is 16.1 Å². The summed E-state index contributed by atoms with van der Waals surface area (Å²) in [4.78, 5) is 13.0. The molecule has 1 aliphatic heterocycles. The van der Waals surface area contributed by atoms with E-state index >= 15 is 0 Å². The van der Waals surface area contributed by atoms with Gasteiger partial charge in [-0.2, -0.15) is 0 Å². The summed E-state index contributed by atoms with van der Waals surface area (Å²) >= 11 is 1.71. The molecule has 0 aromatic heterocycles. The Morgan fingerprint density at radius 1 is 1.56 bits per heavy atom. The molecule has 1 aromatic rings. The van der Waals surface area contributed by atoms with Crippen LogP contribution >= 0.6 is 11.8 Å². The van der Waals surface area contributed by atoms with Gasteiger partial charge in [-0.15, -0.1) is 11.8 Å². The minimum absolute atomic E-state index is 0.125. The molecule has 2 rings (SSSR count). The van der Waals surface area contributed by atoms with Gasteiger partial charge in [0.2, 0.25) is 5.91 Å². The van der Waals surface area contributed by atoms with Gasteiger partial charge in [-0.1, -0.05) is 12.1 Å². The molecule has 0 unspecified atom stereocenters. The summed E-state index contributed by atoms with van der Waals surface area (Å²) in [6, 6.07) is 8.26. The molecule has 1 atom stereocenters. The molecule has 18 heavy (non-hydrogen) atoms. The maximum absolute atomic E-state index is 11.8. The molecule has 0 spiro atoms. The molecule has 98 valence electrons. The van der Waals surface area contributed by atoms with Crippen molar-refractivity contribution >= 4 is 17.7 Å². The fraction of sp³-hybridized carbons (Fsp3) is 0.500. The van der Waals surface area contributed by atoms with Gasteiger partial charge in [0, 0.05) is 31.1 Å². The van der Waals surface area contributed by atoms with Crippen LogP contribution < -0.4 is 5.32 Å². The second-order valence-corrected chi connectivity index (χ2v) is 5.44. The quantitative estimate of drug-likeness (QED) is 0.831. The highest BCUT2D eigenvalue weighted by atomic mass is 32.2. The van der Waals surface area contributed by atoms with Crippen molar-refractivity contribution in [2.75, 3.05) is 19.5 Å². The van der Waals surface area contributed by atoms with E-state index in [2.05, 4.69) is 23.7 Å². The SMILES string of the molecule is CSc1cccc(CNC(=O)C[C@H]2CCOC2)c1. The Morgan fingerprint density at radius 2 is 2.44 bits per heavy atom. The third kappa shape index (κ3) is 4.03. The van der Waals surface area contributed by atoms with Gasteiger partial charge in [0.1, 0.15) is 0 Å². The molecular weight excluding hydrogens is 246 g/mol. The minimum atomic E-state index is 0.125. The molecule has 0 radical (unpaired) electrons. The first-order chi connectivity index (χ1) is 8.78. The molecule has 1 amide bonds. The van der Waals surface area contributed by atoms with Crippen molar-refractivity contribution in [3.05, 3.63) is 29.8 Å². The van der Waals surface area contributed by atoms with Crippen LogP contribution in [0.25, 0.3) is 0 Å². The normalized spacial score (nSPS) is 18.8. The van der Waals surface area contributed by atoms with Gasteiger partial charge in [0.15, 0.2) is 0 Å². The van der Waals surface area contributed by atoms with Gasteiger partial charge >= 0.3 is 0 Å². The van der Waals surface area contributed by atoms with Crippen molar-refractivity contribution in [3.8, 4) is 0 Å². The Morgan fingerprint density at radius 3 is 3.17 bits per heavy atom. The molecule has 3 nitrogen and oxygen atoms in total. The van der Waals surface area contributed by atoms with Crippen molar-refractivity contribution < 1.29 is 9.53 Å². The van der Waals surface area contributed by atoms with Crippen molar-refractivity contribution in [3.63, 3.8) is 0 Å². The molecular formula is C14H19NO2S. The number of hydrogen-bond acceptors (Lipinski definition) is 3. The average Bonchev–Trinajstić information content (AvgIpc) is 2.89. The number of amides is 1. The molecule has 1 aromatic carbocycles. The number of carbonyl (C=O) groups is 1. The van der Waals surface area contributed by atoms with E-state index in [9.17, 15) is 4.79 Å². The largest absolute Gasteiger partial charge is 0.381 e. The Balaban J connectivity index is 1.77.